The highest BCUT2D eigenvalue weighted by Crippen LogP contribution is 1.90. The lowest BCUT2D eigenvalue weighted by Gasteiger charge is -2.02. The molecule has 0 aliphatic carbocycles. The molecule has 0 heterocycles. The minimum Gasteiger partial charge on any atom is -0.467 e. The molecule has 0 saturated heterocycles. The zero-order valence-electron chi connectivity index (χ0n) is 8.78. The summed E-state index contributed by atoms with van der Waals surface area (Å²) < 4.78 is 13.5. The van der Waals surface area contributed by atoms with Crippen LogP contribution in [-0.2, 0) is 28.6 Å². The van der Waals surface area contributed by atoms with E-state index in [4.69, 9.17) is 4.74 Å². The summed E-state index contributed by atoms with van der Waals surface area (Å²) in [6, 6.07) is 0. The Balaban J connectivity index is 3.57. The van der Waals surface area contributed by atoms with Gasteiger partial charge in [-0.3, -0.25) is 9.59 Å². The maximum atomic E-state index is 11.0. The number of hydrogen-bond acceptors (Lipinski definition) is 6. The number of carbonyl (C=O) groups excluding carboxylic acids is 3. The first-order chi connectivity index (χ1) is 7.10. The lowest BCUT2D eigenvalue weighted by atomic mass is 10.3. The number of hydrogen-bond donors (Lipinski definition) is 0. The van der Waals surface area contributed by atoms with Crippen LogP contribution in [0.3, 0.4) is 0 Å². The van der Waals surface area contributed by atoms with E-state index in [9.17, 15) is 14.4 Å². The summed E-state index contributed by atoms with van der Waals surface area (Å²) in [5.41, 5.74) is 0. The van der Waals surface area contributed by atoms with Crippen LogP contribution in [0.1, 0.15) is 13.3 Å². The van der Waals surface area contributed by atoms with Gasteiger partial charge in [-0.05, 0) is 6.92 Å². The van der Waals surface area contributed by atoms with Crippen molar-refractivity contribution in [3.63, 3.8) is 0 Å². The van der Waals surface area contributed by atoms with Crippen molar-refractivity contribution >= 4 is 17.7 Å². The Kier molecular flexibility index (Phi) is 7.17. The molecule has 0 aromatic carbocycles. The summed E-state index contributed by atoms with van der Waals surface area (Å²) >= 11 is 0. The summed E-state index contributed by atoms with van der Waals surface area (Å²) in [7, 11) is 1.21. The number of carbonyl (C=O) groups is 3. The van der Waals surface area contributed by atoms with Crippen LogP contribution in [0.5, 0.6) is 0 Å². The van der Waals surface area contributed by atoms with Crippen molar-refractivity contribution in [2.24, 2.45) is 0 Å². The van der Waals surface area contributed by atoms with Gasteiger partial charge in [-0.25, -0.2) is 4.79 Å². The van der Waals surface area contributed by atoms with Gasteiger partial charge in [-0.1, -0.05) is 0 Å². The lowest BCUT2D eigenvalue weighted by molar-refractivity contribution is -0.148. The zero-order chi connectivity index (χ0) is 11.7. The Bertz CT molecular complexity index is 235. The Morgan fingerprint density at radius 1 is 1.07 bits per heavy atom. The van der Waals surface area contributed by atoms with Crippen LogP contribution in [0.15, 0.2) is 0 Å². The van der Waals surface area contributed by atoms with Gasteiger partial charge in [0.2, 0.25) is 0 Å². The van der Waals surface area contributed by atoms with E-state index >= 15 is 0 Å². The molecule has 0 radical (unpaired) electrons. The van der Waals surface area contributed by atoms with Crippen molar-refractivity contribution in [2.45, 2.75) is 13.3 Å². The number of rotatable bonds is 7. The Morgan fingerprint density at radius 3 is 2.27 bits per heavy atom. The molecule has 0 aliphatic rings. The van der Waals surface area contributed by atoms with Gasteiger partial charge in [0.25, 0.3) is 0 Å². The minimum absolute atomic E-state index is 0.231. The number of Topliss-reactive ketones (excluding diaryl/α,β-unsaturated/α-hetero) is 1. The molecule has 0 amide bonds. The van der Waals surface area contributed by atoms with Crippen molar-refractivity contribution in [2.75, 3.05) is 26.9 Å². The SMILES string of the molecule is CCOC(=O)CC(=O)COCC(=O)OC. The summed E-state index contributed by atoms with van der Waals surface area (Å²) in [6.07, 6.45) is -0.338. The van der Waals surface area contributed by atoms with Crippen LogP contribution in [0, 0.1) is 0 Å². The largest absolute Gasteiger partial charge is 0.467 e. The van der Waals surface area contributed by atoms with Crippen molar-refractivity contribution in [3.05, 3.63) is 0 Å². The molecule has 6 nitrogen and oxygen atoms in total. The Labute approximate surface area is 87.5 Å². The molecule has 15 heavy (non-hydrogen) atoms. The third-order valence-electron chi connectivity index (χ3n) is 1.36. The van der Waals surface area contributed by atoms with E-state index < -0.39 is 17.7 Å². The van der Waals surface area contributed by atoms with Crippen LogP contribution in [0.25, 0.3) is 0 Å². The summed E-state index contributed by atoms with van der Waals surface area (Å²) in [5, 5.41) is 0. The molecule has 0 N–H and O–H groups in total. The molecule has 6 heteroatoms. The van der Waals surface area contributed by atoms with Gasteiger partial charge >= 0.3 is 11.9 Å². The number of ketones is 1. The van der Waals surface area contributed by atoms with E-state index in [1.54, 1.807) is 6.92 Å². The van der Waals surface area contributed by atoms with Gasteiger partial charge in [0.05, 0.1) is 13.7 Å². The van der Waals surface area contributed by atoms with Crippen molar-refractivity contribution in [1.82, 2.24) is 0 Å². The molecule has 0 aromatic rings. The normalized spacial score (nSPS) is 9.47. The zero-order valence-corrected chi connectivity index (χ0v) is 8.78. The maximum absolute atomic E-state index is 11.0. The maximum Gasteiger partial charge on any atom is 0.331 e. The second-order valence-corrected chi connectivity index (χ2v) is 2.59. The highest BCUT2D eigenvalue weighted by Gasteiger charge is 2.11. The first-order valence-electron chi connectivity index (χ1n) is 4.42. The second-order valence-electron chi connectivity index (χ2n) is 2.59. The topological polar surface area (TPSA) is 78.9 Å². The fourth-order valence-corrected chi connectivity index (χ4v) is 0.731. The van der Waals surface area contributed by atoms with Crippen LogP contribution in [-0.4, -0.2) is 44.7 Å². The fraction of sp³-hybridized carbons (Fsp3) is 0.667. The molecule has 0 aromatic heterocycles. The van der Waals surface area contributed by atoms with Crippen LogP contribution in [0.2, 0.25) is 0 Å². The van der Waals surface area contributed by atoms with E-state index in [0.717, 1.165) is 0 Å². The standard InChI is InChI=1S/C9H14O6/c1-3-15-8(11)4-7(10)5-14-6-9(12)13-2/h3-6H2,1-2H3. The predicted molar refractivity (Wildman–Crippen MR) is 49.1 cm³/mol. The van der Waals surface area contributed by atoms with E-state index in [-0.39, 0.29) is 26.2 Å². The van der Waals surface area contributed by atoms with Crippen molar-refractivity contribution < 1.29 is 28.6 Å². The molecular weight excluding hydrogens is 204 g/mol. The van der Waals surface area contributed by atoms with Gasteiger partial charge in [0.1, 0.15) is 19.6 Å². The molecule has 0 unspecified atom stereocenters. The number of methoxy groups -OCH3 is 1. The molecule has 0 bridgehead atoms. The Hall–Kier alpha value is -1.43. The summed E-state index contributed by atoms with van der Waals surface area (Å²) in [4.78, 5) is 32.4. The van der Waals surface area contributed by atoms with E-state index in [1.165, 1.54) is 7.11 Å². The molecule has 0 spiro atoms. The quantitative estimate of drug-likeness (QED) is 0.431. The summed E-state index contributed by atoms with van der Waals surface area (Å²) in [5.74, 6) is -1.60. The Morgan fingerprint density at radius 2 is 1.73 bits per heavy atom. The molecule has 0 fully saturated rings. The smallest absolute Gasteiger partial charge is 0.331 e. The first kappa shape index (κ1) is 13.6. The molecule has 0 atom stereocenters. The lowest BCUT2D eigenvalue weighted by Crippen LogP contribution is -2.19. The van der Waals surface area contributed by atoms with Gasteiger partial charge in [0, 0.05) is 0 Å². The van der Waals surface area contributed by atoms with Gasteiger partial charge < -0.3 is 14.2 Å². The van der Waals surface area contributed by atoms with Crippen LogP contribution < -0.4 is 0 Å². The van der Waals surface area contributed by atoms with Crippen LogP contribution >= 0.6 is 0 Å². The first-order valence-corrected chi connectivity index (χ1v) is 4.42. The highest BCUT2D eigenvalue weighted by atomic mass is 16.6. The van der Waals surface area contributed by atoms with Gasteiger partial charge in [-0.15, -0.1) is 0 Å². The number of ether oxygens (including phenoxy) is 3. The average molecular weight is 218 g/mol. The van der Waals surface area contributed by atoms with Crippen LogP contribution in [0.4, 0.5) is 0 Å². The third-order valence-corrected chi connectivity index (χ3v) is 1.36. The third kappa shape index (κ3) is 7.63. The van der Waals surface area contributed by atoms with Crippen molar-refractivity contribution in [3.8, 4) is 0 Å². The van der Waals surface area contributed by atoms with Gasteiger partial charge in [-0.2, -0.15) is 0 Å². The molecular formula is C9H14O6. The van der Waals surface area contributed by atoms with E-state index in [2.05, 4.69) is 9.47 Å². The predicted octanol–water partition coefficient (Wildman–Crippen LogP) is -0.302. The van der Waals surface area contributed by atoms with E-state index in [1.807, 2.05) is 0 Å². The molecule has 0 saturated carbocycles. The molecule has 0 aliphatic heterocycles. The molecule has 0 rings (SSSR count). The highest BCUT2D eigenvalue weighted by molar-refractivity contribution is 5.96. The van der Waals surface area contributed by atoms with Gasteiger partial charge in [0.15, 0.2) is 5.78 Å². The average Bonchev–Trinajstić information content (AvgIpc) is 2.17. The molecule has 86 valence electrons. The fourth-order valence-electron chi connectivity index (χ4n) is 0.731. The van der Waals surface area contributed by atoms with E-state index in [0.29, 0.717) is 0 Å². The minimum atomic E-state index is -0.593. The van der Waals surface area contributed by atoms with Crippen molar-refractivity contribution in [1.29, 1.82) is 0 Å². The second kappa shape index (κ2) is 7.93. The summed E-state index contributed by atoms with van der Waals surface area (Å²) in [6.45, 7) is 1.28. The number of esters is 2. The monoisotopic (exact) mass is 218 g/mol.